The van der Waals surface area contributed by atoms with E-state index in [1.165, 1.54) is 6.92 Å². The summed E-state index contributed by atoms with van der Waals surface area (Å²) in [4.78, 5) is 11.9. The first-order chi connectivity index (χ1) is 6.50. The van der Waals surface area contributed by atoms with Crippen LogP contribution in [0.4, 0.5) is 0 Å². The Hall–Kier alpha value is -0.670. The third kappa shape index (κ3) is 2.93. The molecule has 2 nitrogen and oxygen atoms in total. The van der Waals surface area contributed by atoms with Gasteiger partial charge in [0.2, 0.25) is 0 Å². The lowest BCUT2D eigenvalue weighted by atomic mass is 10.3. The standard InChI is InChI=1S/C10H12ClO2S/c1-7(12)13-10-5-4-8(14(2)3)6-9(10)11/h4-6H,1-3H3/q+1. The molecule has 0 atom stereocenters. The van der Waals surface area contributed by atoms with Crippen LogP contribution in [0.1, 0.15) is 6.92 Å². The number of rotatable bonds is 2. The molecule has 14 heavy (non-hydrogen) atoms. The van der Waals surface area contributed by atoms with Gasteiger partial charge in [-0.1, -0.05) is 11.6 Å². The van der Waals surface area contributed by atoms with Crippen LogP contribution in [0.3, 0.4) is 0 Å². The minimum Gasteiger partial charge on any atom is -0.425 e. The summed E-state index contributed by atoms with van der Waals surface area (Å²) in [6, 6.07) is 5.49. The molecule has 0 aliphatic heterocycles. The number of hydrogen-bond acceptors (Lipinski definition) is 2. The third-order valence-electron chi connectivity index (χ3n) is 1.63. The Balaban J connectivity index is 2.95. The van der Waals surface area contributed by atoms with Crippen molar-refractivity contribution in [2.75, 3.05) is 12.5 Å². The zero-order chi connectivity index (χ0) is 10.7. The predicted molar refractivity (Wildman–Crippen MR) is 60.2 cm³/mol. The molecule has 0 heterocycles. The van der Waals surface area contributed by atoms with Crippen LogP contribution in [-0.4, -0.2) is 18.5 Å². The second-order valence-corrected chi connectivity index (χ2v) is 5.51. The van der Waals surface area contributed by atoms with Gasteiger partial charge in [0, 0.05) is 23.9 Å². The average Bonchev–Trinajstić information content (AvgIpc) is 2.07. The molecule has 0 radical (unpaired) electrons. The van der Waals surface area contributed by atoms with Gasteiger partial charge in [0.1, 0.15) is 18.3 Å². The van der Waals surface area contributed by atoms with Crippen molar-refractivity contribution in [2.24, 2.45) is 0 Å². The molecular formula is C10H12ClO2S+. The molecule has 76 valence electrons. The predicted octanol–water partition coefficient (Wildman–Crippen LogP) is 2.50. The first-order valence-electron chi connectivity index (χ1n) is 4.06. The van der Waals surface area contributed by atoms with Gasteiger partial charge in [-0.3, -0.25) is 4.79 Å². The van der Waals surface area contributed by atoms with E-state index in [0.717, 1.165) is 4.90 Å². The van der Waals surface area contributed by atoms with E-state index in [0.29, 0.717) is 10.8 Å². The van der Waals surface area contributed by atoms with Crippen LogP contribution >= 0.6 is 11.6 Å². The van der Waals surface area contributed by atoms with Crippen molar-refractivity contribution in [3.05, 3.63) is 23.2 Å². The molecule has 0 spiro atoms. The summed E-state index contributed by atoms with van der Waals surface area (Å²) >= 11 is 5.94. The molecule has 1 aromatic carbocycles. The number of hydrogen-bond donors (Lipinski definition) is 0. The van der Waals surface area contributed by atoms with E-state index in [2.05, 4.69) is 12.5 Å². The van der Waals surface area contributed by atoms with Gasteiger partial charge in [0.05, 0.1) is 5.02 Å². The lowest BCUT2D eigenvalue weighted by molar-refractivity contribution is -0.131. The van der Waals surface area contributed by atoms with Crippen molar-refractivity contribution in [1.29, 1.82) is 0 Å². The topological polar surface area (TPSA) is 26.3 Å². The van der Waals surface area contributed by atoms with Crippen LogP contribution in [0.5, 0.6) is 5.75 Å². The Morgan fingerprint density at radius 3 is 2.50 bits per heavy atom. The van der Waals surface area contributed by atoms with Crippen molar-refractivity contribution in [2.45, 2.75) is 11.8 Å². The largest absolute Gasteiger partial charge is 0.425 e. The fraction of sp³-hybridized carbons (Fsp3) is 0.300. The Bertz CT molecular complexity index is 350. The number of ether oxygens (including phenoxy) is 1. The Labute approximate surface area is 91.6 Å². The molecule has 0 aliphatic carbocycles. The smallest absolute Gasteiger partial charge is 0.308 e. The molecule has 0 fully saturated rings. The van der Waals surface area contributed by atoms with Crippen LogP contribution in [0.15, 0.2) is 23.1 Å². The fourth-order valence-electron chi connectivity index (χ4n) is 0.973. The second-order valence-electron chi connectivity index (χ2n) is 3.00. The maximum Gasteiger partial charge on any atom is 0.308 e. The van der Waals surface area contributed by atoms with Crippen molar-refractivity contribution in [3.63, 3.8) is 0 Å². The van der Waals surface area contributed by atoms with E-state index in [-0.39, 0.29) is 16.9 Å². The highest BCUT2D eigenvalue weighted by Gasteiger charge is 2.12. The molecule has 1 aromatic rings. The van der Waals surface area contributed by atoms with Crippen LogP contribution in [0.25, 0.3) is 0 Å². The summed E-state index contributed by atoms with van der Waals surface area (Å²) in [5, 5.41) is 0.485. The highest BCUT2D eigenvalue weighted by Crippen LogP contribution is 2.27. The average molecular weight is 232 g/mol. The molecule has 0 bridgehead atoms. The summed E-state index contributed by atoms with van der Waals surface area (Å²) in [7, 11) is 0.165. The zero-order valence-corrected chi connectivity index (χ0v) is 9.91. The molecule has 0 amide bonds. The lowest BCUT2D eigenvalue weighted by Gasteiger charge is -2.04. The third-order valence-corrected chi connectivity index (χ3v) is 3.12. The molecule has 0 aliphatic rings. The van der Waals surface area contributed by atoms with Gasteiger partial charge < -0.3 is 4.74 Å². The summed E-state index contributed by atoms with van der Waals surface area (Å²) in [5.41, 5.74) is 0. The van der Waals surface area contributed by atoms with E-state index >= 15 is 0 Å². The number of carbonyl (C=O) groups excluding carboxylic acids is 1. The molecular weight excluding hydrogens is 220 g/mol. The maximum atomic E-state index is 10.7. The van der Waals surface area contributed by atoms with Gasteiger partial charge in [-0.25, -0.2) is 0 Å². The summed E-state index contributed by atoms with van der Waals surface area (Å²) < 4.78 is 4.91. The van der Waals surface area contributed by atoms with Crippen LogP contribution in [0, 0.1) is 0 Å². The highest BCUT2D eigenvalue weighted by molar-refractivity contribution is 7.95. The molecule has 0 saturated heterocycles. The number of esters is 1. The van der Waals surface area contributed by atoms with Gasteiger partial charge in [-0.15, -0.1) is 0 Å². The second kappa shape index (κ2) is 4.71. The van der Waals surface area contributed by atoms with Gasteiger partial charge in [0.25, 0.3) is 0 Å². The Kier molecular flexibility index (Phi) is 3.84. The number of benzene rings is 1. The highest BCUT2D eigenvalue weighted by atomic mass is 35.5. The first kappa shape index (κ1) is 11.4. The minimum absolute atomic E-state index is 0.165. The van der Waals surface area contributed by atoms with E-state index in [1.807, 2.05) is 12.1 Å². The maximum absolute atomic E-state index is 10.7. The van der Waals surface area contributed by atoms with E-state index in [9.17, 15) is 4.79 Å². The molecule has 0 unspecified atom stereocenters. The minimum atomic E-state index is -0.355. The summed E-state index contributed by atoms with van der Waals surface area (Å²) in [6.45, 7) is 1.36. The van der Waals surface area contributed by atoms with Crippen molar-refractivity contribution in [3.8, 4) is 5.75 Å². The lowest BCUT2D eigenvalue weighted by Crippen LogP contribution is -2.02. The van der Waals surface area contributed by atoms with Crippen molar-refractivity contribution < 1.29 is 9.53 Å². The molecule has 1 rings (SSSR count). The Morgan fingerprint density at radius 1 is 1.43 bits per heavy atom. The summed E-state index contributed by atoms with van der Waals surface area (Å²) in [5.74, 6) is 0.0695. The van der Waals surface area contributed by atoms with Crippen LogP contribution in [-0.2, 0) is 15.7 Å². The monoisotopic (exact) mass is 231 g/mol. The number of halogens is 1. The quantitative estimate of drug-likeness (QED) is 0.444. The van der Waals surface area contributed by atoms with E-state index in [1.54, 1.807) is 6.07 Å². The number of carbonyl (C=O) groups is 1. The van der Waals surface area contributed by atoms with Gasteiger partial charge >= 0.3 is 5.97 Å². The zero-order valence-electron chi connectivity index (χ0n) is 8.33. The molecule has 0 N–H and O–H groups in total. The van der Waals surface area contributed by atoms with Gasteiger partial charge in [-0.2, -0.15) is 0 Å². The van der Waals surface area contributed by atoms with Crippen molar-refractivity contribution >= 4 is 28.5 Å². The molecule has 0 aromatic heterocycles. The summed E-state index contributed by atoms with van der Waals surface area (Å²) in [6.07, 6.45) is 4.22. The molecule has 4 heteroatoms. The first-order valence-corrected chi connectivity index (χ1v) is 6.48. The van der Waals surface area contributed by atoms with Crippen molar-refractivity contribution in [1.82, 2.24) is 0 Å². The fourth-order valence-corrected chi connectivity index (χ4v) is 1.95. The van der Waals surface area contributed by atoms with E-state index < -0.39 is 0 Å². The van der Waals surface area contributed by atoms with Gasteiger partial charge in [-0.05, 0) is 12.1 Å². The normalized spacial score (nSPS) is 10.4. The van der Waals surface area contributed by atoms with E-state index in [4.69, 9.17) is 16.3 Å². The van der Waals surface area contributed by atoms with Crippen LogP contribution in [0.2, 0.25) is 5.02 Å². The molecule has 0 saturated carbocycles. The van der Waals surface area contributed by atoms with Crippen LogP contribution < -0.4 is 4.74 Å². The SMILES string of the molecule is CC(=O)Oc1ccc([S+](C)C)cc1Cl. The Morgan fingerprint density at radius 2 is 2.07 bits per heavy atom. The van der Waals surface area contributed by atoms with Gasteiger partial charge in [0.15, 0.2) is 4.90 Å².